The number of rotatable bonds is 5. The van der Waals surface area contributed by atoms with Gasteiger partial charge in [-0.15, -0.1) is 0 Å². The third-order valence-corrected chi connectivity index (χ3v) is 4.79. The van der Waals surface area contributed by atoms with Gasteiger partial charge in [-0.2, -0.15) is 5.10 Å². The maximum absolute atomic E-state index is 11.3. The van der Waals surface area contributed by atoms with Gasteiger partial charge in [-0.1, -0.05) is 66.7 Å². The van der Waals surface area contributed by atoms with E-state index in [1.54, 1.807) is 10.7 Å². The maximum Gasteiger partial charge on any atom is 0.269 e. The van der Waals surface area contributed by atoms with Crippen molar-refractivity contribution in [2.75, 3.05) is 0 Å². The van der Waals surface area contributed by atoms with Crippen LogP contribution in [0.1, 0.15) is 27.3 Å². The quantitative estimate of drug-likeness (QED) is 0.563. The van der Waals surface area contributed by atoms with Crippen LogP contribution in [-0.2, 0) is 6.42 Å². The van der Waals surface area contributed by atoms with Gasteiger partial charge in [0.05, 0.1) is 5.69 Å². The van der Waals surface area contributed by atoms with E-state index >= 15 is 0 Å². The number of nitrogens with zero attached hydrogens (tertiary/aromatic N) is 2. The predicted molar refractivity (Wildman–Crippen MR) is 112 cm³/mol. The van der Waals surface area contributed by atoms with Crippen molar-refractivity contribution < 1.29 is 4.79 Å². The van der Waals surface area contributed by atoms with Crippen LogP contribution in [-0.4, -0.2) is 15.7 Å². The molecule has 0 spiro atoms. The van der Waals surface area contributed by atoms with E-state index in [9.17, 15) is 4.79 Å². The number of hydrogen-bond donors (Lipinski definition) is 1. The molecule has 0 aliphatic rings. The number of hydrogen-bond acceptors (Lipinski definition) is 2. The minimum Gasteiger partial charge on any atom is -0.364 e. The van der Waals surface area contributed by atoms with Crippen molar-refractivity contribution in [2.45, 2.75) is 13.3 Å². The number of aryl methyl sites for hydroxylation is 1. The van der Waals surface area contributed by atoms with E-state index in [1.807, 2.05) is 25.1 Å². The SMILES string of the molecule is Cc1cc(C(N)=O)nn1-c1ccc(Cc2ccc(-c3ccccc3)cc2)cc1. The Balaban J connectivity index is 1.50. The van der Waals surface area contributed by atoms with Gasteiger partial charge in [0.25, 0.3) is 5.91 Å². The highest BCUT2D eigenvalue weighted by atomic mass is 16.1. The molecule has 3 aromatic carbocycles. The Morgan fingerprint density at radius 2 is 1.43 bits per heavy atom. The van der Waals surface area contributed by atoms with Crippen molar-refractivity contribution >= 4 is 5.91 Å². The molecule has 0 bridgehead atoms. The summed E-state index contributed by atoms with van der Waals surface area (Å²) < 4.78 is 1.73. The van der Waals surface area contributed by atoms with Crippen LogP contribution in [0.4, 0.5) is 0 Å². The van der Waals surface area contributed by atoms with E-state index in [2.05, 4.69) is 65.8 Å². The molecule has 1 amide bonds. The van der Waals surface area contributed by atoms with Crippen molar-refractivity contribution in [3.05, 3.63) is 107 Å². The van der Waals surface area contributed by atoms with Crippen LogP contribution < -0.4 is 5.73 Å². The van der Waals surface area contributed by atoms with Crippen molar-refractivity contribution in [3.8, 4) is 16.8 Å². The van der Waals surface area contributed by atoms with Crippen LogP contribution in [0.5, 0.6) is 0 Å². The van der Waals surface area contributed by atoms with E-state index < -0.39 is 5.91 Å². The molecule has 4 heteroatoms. The Morgan fingerprint density at radius 3 is 2.00 bits per heavy atom. The zero-order valence-corrected chi connectivity index (χ0v) is 15.7. The molecule has 0 fully saturated rings. The molecule has 4 aromatic rings. The zero-order chi connectivity index (χ0) is 19.5. The summed E-state index contributed by atoms with van der Waals surface area (Å²) in [7, 11) is 0. The monoisotopic (exact) mass is 367 g/mol. The van der Waals surface area contributed by atoms with Crippen LogP contribution in [0.2, 0.25) is 0 Å². The van der Waals surface area contributed by atoms with E-state index in [0.29, 0.717) is 0 Å². The summed E-state index contributed by atoms with van der Waals surface area (Å²) in [4.78, 5) is 11.3. The van der Waals surface area contributed by atoms with Crippen LogP contribution >= 0.6 is 0 Å². The van der Waals surface area contributed by atoms with Gasteiger partial charge in [0.1, 0.15) is 0 Å². The number of benzene rings is 3. The third-order valence-electron chi connectivity index (χ3n) is 4.79. The standard InChI is InChI=1S/C24H21N3O/c1-17-15-23(24(25)28)26-27(17)22-13-9-19(10-14-22)16-18-7-11-21(12-8-18)20-5-3-2-4-6-20/h2-15H,16H2,1H3,(H2,25,28). The van der Waals surface area contributed by atoms with Gasteiger partial charge in [-0.25, -0.2) is 4.68 Å². The third kappa shape index (κ3) is 3.71. The fourth-order valence-electron chi connectivity index (χ4n) is 3.29. The maximum atomic E-state index is 11.3. The number of primary amides is 1. The number of aromatic nitrogens is 2. The Bertz CT molecular complexity index is 1100. The number of amides is 1. The summed E-state index contributed by atoms with van der Waals surface area (Å²) in [5.41, 5.74) is 12.3. The summed E-state index contributed by atoms with van der Waals surface area (Å²) in [6, 6.07) is 29.0. The van der Waals surface area contributed by atoms with Gasteiger partial charge in [0.15, 0.2) is 5.69 Å². The first-order valence-corrected chi connectivity index (χ1v) is 9.20. The van der Waals surface area contributed by atoms with E-state index in [-0.39, 0.29) is 5.69 Å². The second kappa shape index (κ2) is 7.53. The Hall–Kier alpha value is -3.66. The molecule has 0 aliphatic heterocycles. The number of carbonyl (C=O) groups is 1. The summed E-state index contributed by atoms with van der Waals surface area (Å²) in [5, 5.41) is 4.27. The van der Waals surface area contributed by atoms with Gasteiger partial charge in [0, 0.05) is 5.69 Å². The minimum atomic E-state index is -0.516. The van der Waals surface area contributed by atoms with E-state index in [1.165, 1.54) is 22.3 Å². The molecule has 0 radical (unpaired) electrons. The van der Waals surface area contributed by atoms with Gasteiger partial charge >= 0.3 is 0 Å². The molecule has 0 atom stereocenters. The van der Waals surface area contributed by atoms with Crippen LogP contribution in [0, 0.1) is 6.92 Å². The average Bonchev–Trinajstić information content (AvgIpc) is 3.12. The summed E-state index contributed by atoms with van der Waals surface area (Å²) in [6.07, 6.45) is 0.861. The molecule has 4 nitrogen and oxygen atoms in total. The Kier molecular flexibility index (Phi) is 4.77. The highest BCUT2D eigenvalue weighted by Crippen LogP contribution is 2.21. The number of carbonyl (C=O) groups excluding carboxylic acids is 1. The number of nitrogens with two attached hydrogens (primary N) is 1. The van der Waals surface area contributed by atoms with Gasteiger partial charge < -0.3 is 5.73 Å². The van der Waals surface area contributed by atoms with Crippen molar-refractivity contribution in [1.82, 2.24) is 9.78 Å². The fraction of sp³-hybridized carbons (Fsp3) is 0.0833. The molecule has 0 unspecified atom stereocenters. The first-order valence-electron chi connectivity index (χ1n) is 9.20. The molecular weight excluding hydrogens is 346 g/mol. The lowest BCUT2D eigenvalue weighted by atomic mass is 10.0. The van der Waals surface area contributed by atoms with Gasteiger partial charge in [-0.3, -0.25) is 4.79 Å². The van der Waals surface area contributed by atoms with Crippen molar-refractivity contribution in [1.29, 1.82) is 0 Å². The largest absolute Gasteiger partial charge is 0.364 e. The van der Waals surface area contributed by atoms with Crippen molar-refractivity contribution in [3.63, 3.8) is 0 Å². The molecule has 0 saturated heterocycles. The zero-order valence-electron chi connectivity index (χ0n) is 15.7. The smallest absolute Gasteiger partial charge is 0.269 e. The molecule has 2 N–H and O–H groups in total. The van der Waals surface area contributed by atoms with Gasteiger partial charge in [-0.05, 0) is 53.8 Å². The molecular formula is C24H21N3O. The Labute approximate surface area is 164 Å². The topological polar surface area (TPSA) is 60.9 Å². The second-order valence-electron chi connectivity index (χ2n) is 6.85. The molecule has 4 rings (SSSR count). The normalized spacial score (nSPS) is 10.8. The molecule has 0 aliphatic carbocycles. The van der Waals surface area contributed by atoms with Crippen LogP contribution in [0.3, 0.4) is 0 Å². The second-order valence-corrected chi connectivity index (χ2v) is 6.85. The first-order chi connectivity index (χ1) is 13.6. The van der Waals surface area contributed by atoms with Crippen LogP contribution in [0.25, 0.3) is 16.8 Å². The summed E-state index contributed by atoms with van der Waals surface area (Å²) in [6.45, 7) is 1.90. The highest BCUT2D eigenvalue weighted by molar-refractivity contribution is 5.90. The molecule has 0 saturated carbocycles. The summed E-state index contributed by atoms with van der Waals surface area (Å²) >= 11 is 0. The molecule has 1 heterocycles. The molecule has 28 heavy (non-hydrogen) atoms. The van der Waals surface area contributed by atoms with Crippen molar-refractivity contribution in [2.24, 2.45) is 5.73 Å². The molecule has 1 aromatic heterocycles. The van der Waals surface area contributed by atoms with E-state index in [4.69, 9.17) is 5.73 Å². The fourth-order valence-corrected chi connectivity index (χ4v) is 3.29. The van der Waals surface area contributed by atoms with Gasteiger partial charge in [0.2, 0.25) is 0 Å². The minimum absolute atomic E-state index is 0.278. The van der Waals surface area contributed by atoms with Crippen LogP contribution in [0.15, 0.2) is 84.9 Å². The van der Waals surface area contributed by atoms with E-state index in [0.717, 1.165) is 17.8 Å². The summed E-state index contributed by atoms with van der Waals surface area (Å²) in [5.74, 6) is -0.516. The lowest BCUT2D eigenvalue weighted by molar-refractivity contribution is 0.0995. The predicted octanol–water partition coefficient (Wildman–Crippen LogP) is 4.54. The highest BCUT2D eigenvalue weighted by Gasteiger charge is 2.10. The lowest BCUT2D eigenvalue weighted by Gasteiger charge is -2.07. The lowest BCUT2D eigenvalue weighted by Crippen LogP contribution is -2.12. The molecule has 138 valence electrons. The first kappa shape index (κ1) is 17.7. The average molecular weight is 367 g/mol. The Morgan fingerprint density at radius 1 is 0.857 bits per heavy atom.